The zero-order chi connectivity index (χ0) is 13.1. The predicted octanol–water partition coefficient (Wildman–Crippen LogP) is 2.99. The number of aromatic nitrogens is 1. The van der Waals surface area contributed by atoms with Crippen LogP contribution in [0.2, 0.25) is 0 Å². The van der Waals surface area contributed by atoms with E-state index in [0.29, 0.717) is 0 Å². The van der Waals surface area contributed by atoms with Gasteiger partial charge >= 0.3 is 0 Å². The van der Waals surface area contributed by atoms with E-state index in [4.69, 9.17) is 0 Å². The summed E-state index contributed by atoms with van der Waals surface area (Å²) in [4.78, 5) is 5.75. The Kier molecular flexibility index (Phi) is 3.74. The maximum Gasteiger partial charge on any atom is 0.0621 e. The molecule has 3 heteroatoms. The standard InChI is InChI=1S/C16H23N3/c1-19(11-8-13-6-9-17-10-7-13)16-12-18-15-5-3-2-4-14(15)16/h2-5,12-13,17-18H,6-11H2,1H3. The monoisotopic (exact) mass is 257 g/mol. The molecule has 3 nitrogen and oxygen atoms in total. The van der Waals surface area contributed by atoms with E-state index >= 15 is 0 Å². The Hall–Kier alpha value is -1.48. The van der Waals surface area contributed by atoms with Crippen LogP contribution in [0.4, 0.5) is 5.69 Å². The van der Waals surface area contributed by atoms with Crippen molar-refractivity contribution >= 4 is 16.6 Å². The first-order valence-electron chi connectivity index (χ1n) is 7.32. The van der Waals surface area contributed by atoms with Gasteiger partial charge in [0, 0.05) is 30.7 Å². The molecule has 19 heavy (non-hydrogen) atoms. The first-order valence-corrected chi connectivity index (χ1v) is 7.32. The predicted molar refractivity (Wildman–Crippen MR) is 81.8 cm³/mol. The normalized spacial score (nSPS) is 16.9. The second kappa shape index (κ2) is 5.66. The van der Waals surface area contributed by atoms with E-state index in [1.54, 1.807) is 0 Å². The van der Waals surface area contributed by atoms with Gasteiger partial charge in [-0.15, -0.1) is 0 Å². The third-order valence-electron chi connectivity index (χ3n) is 4.31. The molecule has 1 saturated heterocycles. The summed E-state index contributed by atoms with van der Waals surface area (Å²) in [6, 6.07) is 8.53. The van der Waals surface area contributed by atoms with Crippen LogP contribution >= 0.6 is 0 Å². The van der Waals surface area contributed by atoms with Crippen LogP contribution in [0.5, 0.6) is 0 Å². The summed E-state index contributed by atoms with van der Waals surface area (Å²) >= 11 is 0. The highest BCUT2D eigenvalue weighted by Crippen LogP contribution is 2.26. The lowest BCUT2D eigenvalue weighted by Crippen LogP contribution is -2.30. The molecule has 102 valence electrons. The summed E-state index contributed by atoms with van der Waals surface area (Å²) < 4.78 is 0. The van der Waals surface area contributed by atoms with Crippen molar-refractivity contribution in [3.8, 4) is 0 Å². The van der Waals surface area contributed by atoms with Crippen molar-refractivity contribution in [2.24, 2.45) is 5.92 Å². The average Bonchev–Trinajstić information content (AvgIpc) is 2.90. The molecule has 2 N–H and O–H groups in total. The van der Waals surface area contributed by atoms with Crippen LogP contribution in [-0.4, -0.2) is 31.7 Å². The number of benzene rings is 1. The molecule has 1 aromatic heterocycles. The van der Waals surface area contributed by atoms with E-state index in [9.17, 15) is 0 Å². The molecule has 1 fully saturated rings. The zero-order valence-electron chi connectivity index (χ0n) is 11.7. The van der Waals surface area contributed by atoms with Gasteiger partial charge in [-0.1, -0.05) is 18.2 Å². The summed E-state index contributed by atoms with van der Waals surface area (Å²) in [5.41, 5.74) is 2.55. The summed E-state index contributed by atoms with van der Waals surface area (Å²) in [7, 11) is 2.21. The van der Waals surface area contributed by atoms with Crippen molar-refractivity contribution in [3.63, 3.8) is 0 Å². The number of hydrogen-bond acceptors (Lipinski definition) is 2. The summed E-state index contributed by atoms with van der Waals surface area (Å²) in [5, 5.41) is 4.76. The van der Waals surface area contributed by atoms with Gasteiger partial charge in [0.2, 0.25) is 0 Å². The van der Waals surface area contributed by atoms with Gasteiger partial charge in [0.25, 0.3) is 0 Å². The Morgan fingerprint density at radius 3 is 2.84 bits per heavy atom. The number of rotatable bonds is 4. The van der Waals surface area contributed by atoms with Gasteiger partial charge < -0.3 is 15.2 Å². The third-order valence-corrected chi connectivity index (χ3v) is 4.31. The third kappa shape index (κ3) is 2.76. The van der Waals surface area contributed by atoms with Gasteiger partial charge in [-0.05, 0) is 44.3 Å². The highest BCUT2D eigenvalue weighted by Gasteiger charge is 2.14. The molecule has 0 saturated carbocycles. The highest BCUT2D eigenvalue weighted by molar-refractivity contribution is 5.92. The number of nitrogens with zero attached hydrogens (tertiary/aromatic N) is 1. The maximum atomic E-state index is 3.44. The number of piperidine rings is 1. The van der Waals surface area contributed by atoms with Crippen LogP contribution < -0.4 is 10.2 Å². The lowest BCUT2D eigenvalue weighted by Gasteiger charge is -2.26. The summed E-state index contributed by atoms with van der Waals surface area (Å²) in [6.45, 7) is 3.54. The van der Waals surface area contributed by atoms with Gasteiger partial charge in [0.05, 0.1) is 5.69 Å². The minimum Gasteiger partial charge on any atom is -0.373 e. The Bertz CT molecular complexity index is 526. The van der Waals surface area contributed by atoms with Crippen LogP contribution in [0.3, 0.4) is 0 Å². The minimum atomic E-state index is 0.897. The Morgan fingerprint density at radius 2 is 2.00 bits per heavy atom. The lowest BCUT2D eigenvalue weighted by atomic mass is 9.94. The van der Waals surface area contributed by atoms with Crippen LogP contribution in [0.1, 0.15) is 19.3 Å². The molecule has 0 atom stereocenters. The molecule has 0 spiro atoms. The van der Waals surface area contributed by atoms with E-state index in [-0.39, 0.29) is 0 Å². The van der Waals surface area contributed by atoms with Crippen molar-refractivity contribution in [2.45, 2.75) is 19.3 Å². The van der Waals surface area contributed by atoms with Gasteiger partial charge in [0.15, 0.2) is 0 Å². The fourth-order valence-electron chi connectivity index (χ4n) is 3.04. The van der Waals surface area contributed by atoms with E-state index in [1.165, 1.54) is 48.9 Å². The summed E-state index contributed by atoms with van der Waals surface area (Å²) in [6.07, 6.45) is 6.11. The van der Waals surface area contributed by atoms with Crippen LogP contribution in [0, 0.1) is 5.92 Å². The highest BCUT2D eigenvalue weighted by atomic mass is 15.1. The molecular formula is C16H23N3. The first-order chi connectivity index (χ1) is 9.34. The SMILES string of the molecule is CN(CCC1CCNCC1)c1c[nH]c2ccccc12. The molecule has 2 heterocycles. The Morgan fingerprint density at radius 1 is 1.21 bits per heavy atom. The van der Waals surface area contributed by atoms with E-state index in [0.717, 1.165) is 12.5 Å². The molecule has 1 aliphatic heterocycles. The number of nitrogens with one attached hydrogen (secondary N) is 2. The van der Waals surface area contributed by atoms with E-state index in [2.05, 4.69) is 52.7 Å². The van der Waals surface area contributed by atoms with Crippen molar-refractivity contribution in [2.75, 3.05) is 31.6 Å². The molecule has 2 aromatic rings. The lowest BCUT2D eigenvalue weighted by molar-refractivity contribution is 0.356. The largest absolute Gasteiger partial charge is 0.373 e. The number of H-pyrrole nitrogens is 1. The number of anilines is 1. The van der Waals surface area contributed by atoms with Gasteiger partial charge in [-0.2, -0.15) is 0 Å². The number of fused-ring (bicyclic) bond motifs is 1. The Labute approximate surface area is 115 Å². The second-order valence-corrected chi connectivity index (χ2v) is 5.62. The van der Waals surface area contributed by atoms with Gasteiger partial charge in [-0.25, -0.2) is 0 Å². The van der Waals surface area contributed by atoms with Crippen LogP contribution in [0.25, 0.3) is 10.9 Å². The average molecular weight is 257 g/mol. The van der Waals surface area contributed by atoms with Crippen molar-refractivity contribution in [1.82, 2.24) is 10.3 Å². The molecular weight excluding hydrogens is 234 g/mol. The van der Waals surface area contributed by atoms with Crippen molar-refractivity contribution in [3.05, 3.63) is 30.5 Å². The maximum absolute atomic E-state index is 3.44. The van der Waals surface area contributed by atoms with Gasteiger partial charge in [0.1, 0.15) is 0 Å². The Balaban J connectivity index is 1.64. The van der Waals surface area contributed by atoms with Crippen molar-refractivity contribution in [1.29, 1.82) is 0 Å². The van der Waals surface area contributed by atoms with E-state index < -0.39 is 0 Å². The molecule has 0 aliphatic carbocycles. The zero-order valence-corrected chi connectivity index (χ0v) is 11.7. The molecule has 1 aliphatic rings. The second-order valence-electron chi connectivity index (χ2n) is 5.62. The number of para-hydroxylation sites is 1. The molecule has 3 rings (SSSR count). The molecule has 0 unspecified atom stereocenters. The first kappa shape index (κ1) is 12.5. The molecule has 0 radical (unpaired) electrons. The minimum absolute atomic E-state index is 0.897. The quantitative estimate of drug-likeness (QED) is 0.882. The number of aromatic amines is 1. The summed E-state index contributed by atoms with van der Waals surface area (Å²) in [5.74, 6) is 0.897. The van der Waals surface area contributed by atoms with Crippen LogP contribution in [0.15, 0.2) is 30.5 Å². The smallest absolute Gasteiger partial charge is 0.0621 e. The molecule has 0 amide bonds. The molecule has 1 aromatic carbocycles. The van der Waals surface area contributed by atoms with Crippen molar-refractivity contribution < 1.29 is 0 Å². The fraction of sp³-hybridized carbons (Fsp3) is 0.500. The topological polar surface area (TPSA) is 31.1 Å². The fourth-order valence-corrected chi connectivity index (χ4v) is 3.04. The van der Waals surface area contributed by atoms with Crippen LogP contribution in [-0.2, 0) is 0 Å². The molecule has 0 bridgehead atoms. The van der Waals surface area contributed by atoms with Gasteiger partial charge in [-0.3, -0.25) is 0 Å². The number of hydrogen-bond donors (Lipinski definition) is 2. The van der Waals surface area contributed by atoms with E-state index in [1.807, 2.05) is 0 Å².